The molecule has 1 fully saturated rings. The molecule has 1 aliphatic heterocycles. The summed E-state index contributed by atoms with van der Waals surface area (Å²) >= 11 is 0. The molecule has 0 spiro atoms. The molecule has 1 aliphatic rings. The van der Waals surface area contributed by atoms with Crippen molar-refractivity contribution in [3.8, 4) is 0 Å². The molecule has 0 radical (unpaired) electrons. The Hall–Kier alpha value is -2.34. The Bertz CT molecular complexity index is 698. The fourth-order valence-corrected chi connectivity index (χ4v) is 3.32. The van der Waals surface area contributed by atoms with Crippen LogP contribution in [-0.4, -0.2) is 44.8 Å². The van der Waals surface area contributed by atoms with Gasteiger partial charge >= 0.3 is 6.03 Å². The molecular formula is C19H26N4O2. The number of aliphatic hydroxyl groups is 1. The highest BCUT2D eigenvalue weighted by Gasteiger charge is 2.30. The van der Waals surface area contributed by atoms with E-state index >= 15 is 0 Å². The number of benzene rings is 1. The van der Waals surface area contributed by atoms with E-state index in [9.17, 15) is 9.90 Å². The molecule has 0 saturated carbocycles. The average molecular weight is 342 g/mol. The van der Waals surface area contributed by atoms with E-state index in [4.69, 9.17) is 0 Å². The first-order valence-electron chi connectivity index (χ1n) is 8.79. The highest BCUT2D eigenvalue weighted by molar-refractivity contribution is 5.75. The molecule has 25 heavy (non-hydrogen) atoms. The first kappa shape index (κ1) is 17.5. The summed E-state index contributed by atoms with van der Waals surface area (Å²) in [4.78, 5) is 18.9. The van der Waals surface area contributed by atoms with Gasteiger partial charge in [0.25, 0.3) is 0 Å². The molecule has 2 heterocycles. The maximum Gasteiger partial charge on any atom is 0.317 e. The fourth-order valence-electron chi connectivity index (χ4n) is 3.32. The zero-order valence-corrected chi connectivity index (χ0v) is 14.8. The number of nitrogens with one attached hydrogen (secondary N) is 1. The third-order valence-electron chi connectivity index (χ3n) is 5.00. The number of aromatic nitrogens is 2. The number of amides is 2. The van der Waals surface area contributed by atoms with Gasteiger partial charge in [-0.3, -0.25) is 0 Å². The number of carbonyl (C=O) groups excluding carboxylic acids is 1. The maximum atomic E-state index is 12.7. The summed E-state index contributed by atoms with van der Waals surface area (Å²) in [5.74, 6) is 1.09. The molecule has 6 heteroatoms. The Kier molecular flexibility index (Phi) is 5.38. The van der Waals surface area contributed by atoms with E-state index < -0.39 is 0 Å². The summed E-state index contributed by atoms with van der Waals surface area (Å²) in [5.41, 5.74) is 1.06. The Morgan fingerprint density at radius 2 is 2.16 bits per heavy atom. The SMILES string of the molecule is C[C@H](O)[C@@H]1CCN(C(=O)N[C@H](Cc2nccn2C)c2ccccc2)C1. The fraction of sp³-hybridized carbons (Fsp3) is 0.474. The molecular weight excluding hydrogens is 316 g/mol. The molecule has 2 N–H and O–H groups in total. The summed E-state index contributed by atoms with van der Waals surface area (Å²) in [6.07, 6.45) is 4.78. The number of rotatable bonds is 5. The van der Waals surface area contributed by atoms with Crippen molar-refractivity contribution in [3.05, 3.63) is 54.1 Å². The Labute approximate surface area is 148 Å². The zero-order chi connectivity index (χ0) is 17.8. The maximum absolute atomic E-state index is 12.7. The number of aliphatic hydroxyl groups excluding tert-OH is 1. The summed E-state index contributed by atoms with van der Waals surface area (Å²) in [5, 5.41) is 12.9. The first-order chi connectivity index (χ1) is 12.0. The van der Waals surface area contributed by atoms with Crippen LogP contribution in [0.5, 0.6) is 0 Å². The van der Waals surface area contributed by atoms with Crippen LogP contribution in [0.3, 0.4) is 0 Å². The van der Waals surface area contributed by atoms with Crippen LogP contribution >= 0.6 is 0 Å². The van der Waals surface area contributed by atoms with Crippen molar-refractivity contribution in [1.29, 1.82) is 0 Å². The van der Waals surface area contributed by atoms with Crippen LogP contribution in [0.1, 0.15) is 30.8 Å². The molecule has 1 saturated heterocycles. The van der Waals surface area contributed by atoms with Gasteiger partial charge in [-0.05, 0) is 18.9 Å². The molecule has 0 aliphatic carbocycles. The Balaban J connectivity index is 1.72. The largest absolute Gasteiger partial charge is 0.393 e. The minimum absolute atomic E-state index is 0.0776. The minimum Gasteiger partial charge on any atom is -0.393 e. The smallest absolute Gasteiger partial charge is 0.317 e. The third kappa shape index (κ3) is 4.20. The zero-order valence-electron chi connectivity index (χ0n) is 14.8. The number of aryl methyl sites for hydroxylation is 1. The second-order valence-electron chi connectivity index (χ2n) is 6.81. The number of carbonyl (C=O) groups is 1. The van der Waals surface area contributed by atoms with Crippen molar-refractivity contribution in [1.82, 2.24) is 19.8 Å². The van der Waals surface area contributed by atoms with E-state index in [2.05, 4.69) is 10.3 Å². The van der Waals surface area contributed by atoms with E-state index in [-0.39, 0.29) is 24.1 Å². The van der Waals surface area contributed by atoms with Crippen molar-refractivity contribution >= 4 is 6.03 Å². The third-order valence-corrected chi connectivity index (χ3v) is 5.00. The highest BCUT2D eigenvalue weighted by atomic mass is 16.3. The van der Waals surface area contributed by atoms with Crippen LogP contribution in [-0.2, 0) is 13.5 Å². The van der Waals surface area contributed by atoms with E-state index in [0.717, 1.165) is 17.8 Å². The molecule has 1 aromatic carbocycles. The second kappa shape index (κ2) is 7.70. The number of nitrogens with zero attached hydrogens (tertiary/aromatic N) is 3. The highest BCUT2D eigenvalue weighted by Crippen LogP contribution is 2.22. The van der Waals surface area contributed by atoms with Gasteiger partial charge in [-0.2, -0.15) is 0 Å². The predicted molar refractivity (Wildman–Crippen MR) is 96.0 cm³/mol. The molecule has 0 bridgehead atoms. The number of imidazole rings is 1. The van der Waals surface area contributed by atoms with Gasteiger partial charge in [0.2, 0.25) is 0 Å². The molecule has 3 rings (SSSR count). The summed E-state index contributed by atoms with van der Waals surface area (Å²) in [7, 11) is 1.96. The number of likely N-dealkylation sites (tertiary alicyclic amines) is 1. The van der Waals surface area contributed by atoms with Gasteiger partial charge in [-0.1, -0.05) is 30.3 Å². The topological polar surface area (TPSA) is 70.4 Å². The van der Waals surface area contributed by atoms with Gasteiger partial charge < -0.3 is 19.9 Å². The van der Waals surface area contributed by atoms with Gasteiger partial charge in [0, 0.05) is 44.9 Å². The molecule has 6 nitrogen and oxygen atoms in total. The van der Waals surface area contributed by atoms with Gasteiger partial charge in [0.1, 0.15) is 5.82 Å². The summed E-state index contributed by atoms with van der Waals surface area (Å²) < 4.78 is 1.97. The van der Waals surface area contributed by atoms with Gasteiger partial charge in [0.15, 0.2) is 0 Å². The number of hydrogen-bond acceptors (Lipinski definition) is 3. The van der Waals surface area contributed by atoms with Crippen LogP contribution in [0.15, 0.2) is 42.7 Å². The lowest BCUT2D eigenvalue weighted by Crippen LogP contribution is -2.41. The van der Waals surface area contributed by atoms with Crippen LogP contribution in [0.2, 0.25) is 0 Å². The Morgan fingerprint density at radius 3 is 2.76 bits per heavy atom. The van der Waals surface area contributed by atoms with Crippen LogP contribution in [0.4, 0.5) is 4.79 Å². The number of urea groups is 1. The van der Waals surface area contributed by atoms with Crippen LogP contribution < -0.4 is 5.32 Å². The van der Waals surface area contributed by atoms with Crippen molar-refractivity contribution in [2.75, 3.05) is 13.1 Å². The monoisotopic (exact) mass is 342 g/mol. The van der Waals surface area contributed by atoms with Crippen LogP contribution in [0.25, 0.3) is 0 Å². The van der Waals surface area contributed by atoms with Gasteiger partial charge in [0.05, 0.1) is 12.1 Å². The van der Waals surface area contributed by atoms with E-state index in [1.807, 2.05) is 48.1 Å². The van der Waals surface area contributed by atoms with Crippen molar-refractivity contribution in [2.45, 2.75) is 31.9 Å². The lowest BCUT2D eigenvalue weighted by atomic mass is 10.0. The Morgan fingerprint density at radius 1 is 1.40 bits per heavy atom. The van der Waals surface area contributed by atoms with E-state index in [0.29, 0.717) is 19.5 Å². The quantitative estimate of drug-likeness (QED) is 0.874. The summed E-state index contributed by atoms with van der Waals surface area (Å²) in [6, 6.07) is 9.76. The molecule has 2 aromatic rings. The molecule has 3 atom stereocenters. The number of hydrogen-bond donors (Lipinski definition) is 2. The summed E-state index contributed by atoms with van der Waals surface area (Å²) in [6.45, 7) is 3.08. The lowest BCUT2D eigenvalue weighted by molar-refractivity contribution is 0.129. The van der Waals surface area contributed by atoms with Crippen molar-refractivity contribution in [3.63, 3.8) is 0 Å². The second-order valence-corrected chi connectivity index (χ2v) is 6.81. The standard InChI is InChI=1S/C19H26N4O2/c1-14(24)16-8-10-23(13-16)19(25)21-17(15-6-4-3-5-7-15)12-18-20-9-11-22(18)2/h3-7,9,11,14,16-17,24H,8,10,12-13H2,1-2H3,(H,21,25)/t14-,16+,17+/m0/s1. The van der Waals surface area contributed by atoms with Gasteiger partial charge in [-0.25, -0.2) is 9.78 Å². The van der Waals surface area contributed by atoms with Gasteiger partial charge in [-0.15, -0.1) is 0 Å². The molecule has 134 valence electrons. The average Bonchev–Trinajstić information content (AvgIpc) is 3.25. The van der Waals surface area contributed by atoms with Crippen molar-refractivity contribution in [2.24, 2.45) is 13.0 Å². The molecule has 2 amide bonds. The first-order valence-corrected chi connectivity index (χ1v) is 8.79. The normalized spacial score (nSPS) is 19.6. The predicted octanol–water partition coefficient (Wildman–Crippen LogP) is 2.12. The van der Waals surface area contributed by atoms with Crippen LogP contribution in [0, 0.1) is 5.92 Å². The lowest BCUT2D eigenvalue weighted by Gasteiger charge is -2.24. The molecule has 0 unspecified atom stereocenters. The minimum atomic E-state index is -0.379. The van der Waals surface area contributed by atoms with E-state index in [1.54, 1.807) is 18.0 Å². The van der Waals surface area contributed by atoms with E-state index in [1.165, 1.54) is 0 Å². The van der Waals surface area contributed by atoms with Crippen molar-refractivity contribution < 1.29 is 9.90 Å². The molecule has 1 aromatic heterocycles.